The Kier molecular flexibility index (Phi) is 1.15. The average molecular weight is 163 g/mol. The molecule has 2 rings (SSSR count). The van der Waals surface area contributed by atoms with Crippen molar-refractivity contribution < 1.29 is 10.9 Å². The Hall–Kier alpha value is -1.77. The van der Waals surface area contributed by atoms with Gasteiger partial charge in [-0.05, 0) is 18.2 Å². The molecule has 0 radical (unpaired) electrons. The van der Waals surface area contributed by atoms with E-state index in [0.717, 1.165) is 6.07 Å². The molecule has 2 aromatic rings. The first kappa shape index (κ1) is 5.83. The van der Waals surface area contributed by atoms with Crippen LogP contribution in [-0.4, -0.2) is 5.11 Å². The third kappa shape index (κ3) is 1.05. The fourth-order valence-electron chi connectivity index (χ4n) is 0.989. The molecule has 0 saturated carbocycles. The van der Waals surface area contributed by atoms with E-state index in [1.165, 1.54) is 18.2 Å². The number of fused-ring (bicyclic) bond motifs is 1. The van der Waals surface area contributed by atoms with Gasteiger partial charge in [-0.2, -0.15) is 0 Å². The summed E-state index contributed by atoms with van der Waals surface area (Å²) in [5.74, 6) is 0.0150. The third-order valence-electron chi connectivity index (χ3n) is 1.52. The molecule has 0 fully saturated rings. The molecule has 0 spiro atoms. The Morgan fingerprint density at radius 3 is 3.08 bits per heavy atom. The van der Waals surface area contributed by atoms with E-state index in [9.17, 15) is 4.79 Å². The maximum atomic E-state index is 10.8. The van der Waals surface area contributed by atoms with Gasteiger partial charge in [-0.15, -0.1) is 0 Å². The zero-order chi connectivity index (χ0) is 9.42. The second-order valence-corrected chi connectivity index (χ2v) is 2.39. The predicted octanol–water partition coefficient (Wildman–Crippen LogP) is 1.50. The Morgan fingerprint density at radius 2 is 2.25 bits per heavy atom. The van der Waals surface area contributed by atoms with E-state index in [0.29, 0.717) is 5.39 Å². The van der Waals surface area contributed by atoms with E-state index in [4.69, 9.17) is 10.9 Å². The van der Waals surface area contributed by atoms with Gasteiger partial charge in [-0.3, -0.25) is 0 Å². The van der Waals surface area contributed by atoms with E-state index in [2.05, 4.69) is 0 Å². The van der Waals surface area contributed by atoms with Gasteiger partial charge in [0, 0.05) is 17.5 Å². The number of phenols is 1. The molecule has 0 aliphatic heterocycles. The second-order valence-electron chi connectivity index (χ2n) is 2.39. The van der Waals surface area contributed by atoms with Gasteiger partial charge in [-0.1, -0.05) is 0 Å². The molecule has 0 unspecified atom stereocenters. The minimum Gasteiger partial charge on any atom is -0.508 e. The van der Waals surface area contributed by atoms with Gasteiger partial charge in [0.1, 0.15) is 11.3 Å². The Morgan fingerprint density at radius 1 is 1.42 bits per heavy atom. The molecule has 1 aromatic heterocycles. The van der Waals surface area contributed by atoms with Crippen LogP contribution in [0.2, 0.25) is 0 Å². The topological polar surface area (TPSA) is 50.4 Å². The Bertz CT molecular complexity index is 516. The Balaban J connectivity index is 2.94. The molecule has 3 nitrogen and oxygen atoms in total. The van der Waals surface area contributed by atoms with E-state index >= 15 is 0 Å². The van der Waals surface area contributed by atoms with Crippen molar-refractivity contribution in [3.8, 4) is 5.75 Å². The van der Waals surface area contributed by atoms with Crippen LogP contribution in [0.5, 0.6) is 5.75 Å². The lowest BCUT2D eigenvalue weighted by atomic mass is 10.2. The molecule has 12 heavy (non-hydrogen) atoms. The SMILES string of the molecule is [2H]c1cc(=O)oc2cc(O)ccc12. The molecular weight excluding hydrogens is 156 g/mol. The zero-order valence-electron chi connectivity index (χ0n) is 7.07. The molecule has 1 heterocycles. The summed E-state index contributed by atoms with van der Waals surface area (Å²) in [6, 6.07) is 5.50. The van der Waals surface area contributed by atoms with Crippen LogP contribution in [0.1, 0.15) is 1.37 Å². The largest absolute Gasteiger partial charge is 0.508 e. The molecular formula is C9H6O3. The minimum absolute atomic E-state index is 0.0150. The highest BCUT2D eigenvalue weighted by Gasteiger charge is 1.96. The van der Waals surface area contributed by atoms with E-state index < -0.39 is 5.63 Å². The van der Waals surface area contributed by atoms with Crippen LogP contribution in [0.25, 0.3) is 11.0 Å². The van der Waals surface area contributed by atoms with Gasteiger partial charge in [0.25, 0.3) is 0 Å². The van der Waals surface area contributed by atoms with Gasteiger partial charge in [0.2, 0.25) is 0 Å². The summed E-state index contributed by atoms with van der Waals surface area (Å²) in [4.78, 5) is 10.8. The number of benzene rings is 1. The Labute approximate surface area is 69.3 Å². The van der Waals surface area contributed by atoms with Gasteiger partial charge in [0.15, 0.2) is 0 Å². The molecule has 0 aliphatic rings. The van der Waals surface area contributed by atoms with E-state index in [1.54, 1.807) is 0 Å². The summed E-state index contributed by atoms with van der Waals surface area (Å²) in [6.45, 7) is 0. The fourth-order valence-corrected chi connectivity index (χ4v) is 0.989. The zero-order valence-corrected chi connectivity index (χ0v) is 6.07. The van der Waals surface area contributed by atoms with Crippen molar-refractivity contribution in [2.24, 2.45) is 0 Å². The number of hydrogen-bond donors (Lipinski definition) is 1. The van der Waals surface area contributed by atoms with Gasteiger partial charge in [0.05, 0.1) is 1.37 Å². The number of phenolic OH excluding ortho intramolecular Hbond substituents is 1. The smallest absolute Gasteiger partial charge is 0.336 e. The van der Waals surface area contributed by atoms with Crippen molar-refractivity contribution in [1.29, 1.82) is 0 Å². The van der Waals surface area contributed by atoms with Crippen LogP contribution in [0.3, 0.4) is 0 Å². The molecule has 1 N–H and O–H groups in total. The van der Waals surface area contributed by atoms with Crippen molar-refractivity contribution >= 4 is 11.0 Å². The van der Waals surface area contributed by atoms with Crippen molar-refractivity contribution in [3.63, 3.8) is 0 Å². The fraction of sp³-hybridized carbons (Fsp3) is 0. The molecule has 0 amide bonds. The average Bonchev–Trinajstić information content (AvgIpc) is 2.02. The van der Waals surface area contributed by atoms with Gasteiger partial charge >= 0.3 is 5.63 Å². The molecule has 1 aromatic carbocycles. The summed E-state index contributed by atoms with van der Waals surface area (Å²) in [7, 11) is 0. The van der Waals surface area contributed by atoms with E-state index in [-0.39, 0.29) is 17.4 Å². The van der Waals surface area contributed by atoms with Crippen LogP contribution in [0, 0.1) is 0 Å². The summed E-state index contributed by atoms with van der Waals surface area (Å²) in [6.07, 6.45) is 0. The van der Waals surface area contributed by atoms with Gasteiger partial charge < -0.3 is 9.52 Å². The summed E-state index contributed by atoms with van der Waals surface area (Å²) in [5, 5.41) is 9.60. The van der Waals surface area contributed by atoms with Crippen LogP contribution in [0.15, 0.2) is 39.5 Å². The van der Waals surface area contributed by atoms with Crippen LogP contribution >= 0.6 is 0 Å². The number of hydrogen-bond acceptors (Lipinski definition) is 3. The van der Waals surface area contributed by atoms with Crippen molar-refractivity contribution in [1.82, 2.24) is 0 Å². The monoisotopic (exact) mass is 163 g/mol. The predicted molar refractivity (Wildman–Crippen MR) is 44.1 cm³/mol. The number of rotatable bonds is 0. The molecule has 0 bridgehead atoms. The highest BCUT2D eigenvalue weighted by Crippen LogP contribution is 2.17. The number of aromatic hydroxyl groups is 1. The molecule has 60 valence electrons. The molecule has 0 saturated heterocycles. The second kappa shape index (κ2) is 2.37. The molecule has 0 atom stereocenters. The minimum atomic E-state index is -0.580. The highest BCUT2D eigenvalue weighted by atomic mass is 16.4. The van der Waals surface area contributed by atoms with E-state index in [1.807, 2.05) is 0 Å². The van der Waals surface area contributed by atoms with Crippen molar-refractivity contribution in [3.05, 3.63) is 40.7 Å². The van der Waals surface area contributed by atoms with Crippen LogP contribution < -0.4 is 5.63 Å². The van der Waals surface area contributed by atoms with Crippen molar-refractivity contribution in [2.45, 2.75) is 0 Å². The first-order valence-electron chi connectivity index (χ1n) is 3.90. The van der Waals surface area contributed by atoms with Crippen LogP contribution in [0.4, 0.5) is 0 Å². The molecule has 0 aliphatic carbocycles. The lowest BCUT2D eigenvalue weighted by molar-refractivity contribution is 0.473. The maximum Gasteiger partial charge on any atom is 0.336 e. The third-order valence-corrected chi connectivity index (χ3v) is 1.52. The standard InChI is InChI=1S/C9H6O3/c10-7-3-1-6-2-4-9(11)12-8(6)5-7/h1-5,10H/i2D. The summed E-state index contributed by atoms with van der Waals surface area (Å²) >= 11 is 0. The van der Waals surface area contributed by atoms with Crippen LogP contribution in [-0.2, 0) is 0 Å². The summed E-state index contributed by atoms with van der Waals surface area (Å²) < 4.78 is 12.2. The lowest BCUT2D eigenvalue weighted by Crippen LogP contribution is -1.93. The summed E-state index contributed by atoms with van der Waals surface area (Å²) in [5.41, 5.74) is -0.347. The maximum absolute atomic E-state index is 10.8. The highest BCUT2D eigenvalue weighted by molar-refractivity contribution is 5.77. The quantitative estimate of drug-likeness (QED) is 0.598. The van der Waals surface area contributed by atoms with Gasteiger partial charge in [-0.25, -0.2) is 4.79 Å². The first-order valence-corrected chi connectivity index (χ1v) is 3.40. The normalized spacial score (nSPS) is 11.5. The lowest BCUT2D eigenvalue weighted by Gasteiger charge is -1.94. The molecule has 3 heteroatoms. The van der Waals surface area contributed by atoms with Crippen molar-refractivity contribution in [2.75, 3.05) is 0 Å². The first-order chi connectivity index (χ1) is 6.16.